The van der Waals surface area contributed by atoms with E-state index in [4.69, 9.17) is 0 Å². The molecule has 2 aromatic heterocycles. The summed E-state index contributed by atoms with van der Waals surface area (Å²) >= 11 is 0. The van der Waals surface area contributed by atoms with Gasteiger partial charge in [-0.2, -0.15) is 0 Å². The fourth-order valence-corrected chi connectivity index (χ4v) is 0.822. The van der Waals surface area contributed by atoms with Crippen LogP contribution in [-0.4, -0.2) is 19.9 Å². The van der Waals surface area contributed by atoms with Crippen LogP contribution in [0.3, 0.4) is 0 Å². The fraction of sp³-hybridized carbons (Fsp3) is 0. The zero-order valence-electron chi connectivity index (χ0n) is 6.53. The highest BCUT2D eigenvalue weighted by Crippen LogP contribution is 2.06. The van der Waals surface area contributed by atoms with Crippen LogP contribution in [0, 0.1) is 5.82 Å². The normalized spacial score (nSPS) is 9.92. The molecule has 0 atom stereocenters. The molecular formula is C7H6FN5. The van der Waals surface area contributed by atoms with Gasteiger partial charge in [-0.25, -0.2) is 19.3 Å². The zero-order chi connectivity index (χ0) is 9.10. The van der Waals surface area contributed by atoms with Gasteiger partial charge in [0.2, 0.25) is 5.95 Å². The molecule has 0 aliphatic rings. The Morgan fingerprint density at radius 1 is 1.23 bits per heavy atom. The molecule has 0 bridgehead atoms. The first kappa shape index (κ1) is 7.66. The number of rotatable bonds is 2. The van der Waals surface area contributed by atoms with Crippen molar-refractivity contribution in [1.29, 1.82) is 0 Å². The molecular weight excluding hydrogens is 173 g/mol. The van der Waals surface area contributed by atoms with Crippen LogP contribution in [0.15, 0.2) is 24.9 Å². The van der Waals surface area contributed by atoms with Gasteiger partial charge in [0.05, 0.1) is 24.9 Å². The summed E-state index contributed by atoms with van der Waals surface area (Å²) in [6.07, 6.45) is 5.27. The third kappa shape index (κ3) is 1.78. The summed E-state index contributed by atoms with van der Waals surface area (Å²) in [7, 11) is 0. The molecule has 0 aromatic carbocycles. The maximum absolute atomic E-state index is 12.4. The van der Waals surface area contributed by atoms with E-state index in [0.717, 1.165) is 12.4 Å². The number of halogens is 1. The molecule has 66 valence electrons. The highest BCUT2D eigenvalue weighted by Gasteiger charge is 1.97. The third-order valence-electron chi connectivity index (χ3n) is 1.37. The molecule has 2 heterocycles. The lowest BCUT2D eigenvalue weighted by Gasteiger charge is -1.98. The van der Waals surface area contributed by atoms with E-state index in [0.29, 0.717) is 11.8 Å². The van der Waals surface area contributed by atoms with Crippen molar-refractivity contribution in [1.82, 2.24) is 19.9 Å². The first-order chi connectivity index (χ1) is 6.34. The topological polar surface area (TPSA) is 66.5 Å². The minimum atomic E-state index is -0.463. The summed E-state index contributed by atoms with van der Waals surface area (Å²) in [6.45, 7) is 0. The number of hydrogen-bond donors (Lipinski definition) is 2. The Bertz CT molecular complexity index is 368. The molecule has 0 saturated carbocycles. The minimum Gasteiger partial charge on any atom is -0.331 e. The van der Waals surface area contributed by atoms with Crippen molar-refractivity contribution < 1.29 is 4.39 Å². The standard InChI is InChI=1S/C7H6FN5/c8-5-1-10-7(11-2-5)13-6-3-9-4-12-6/h1-4H,(H,9,12)(H,10,11,13). The molecule has 0 unspecified atom stereocenters. The number of H-pyrrole nitrogens is 1. The summed E-state index contributed by atoms with van der Waals surface area (Å²) in [6, 6.07) is 0. The van der Waals surface area contributed by atoms with Gasteiger partial charge in [-0.3, -0.25) is 0 Å². The van der Waals surface area contributed by atoms with E-state index in [1.807, 2.05) is 0 Å². The van der Waals surface area contributed by atoms with Gasteiger partial charge in [-0.1, -0.05) is 0 Å². The predicted molar refractivity (Wildman–Crippen MR) is 43.9 cm³/mol. The second kappa shape index (κ2) is 3.18. The fourth-order valence-electron chi connectivity index (χ4n) is 0.822. The highest BCUT2D eigenvalue weighted by atomic mass is 19.1. The van der Waals surface area contributed by atoms with Crippen molar-refractivity contribution in [3.63, 3.8) is 0 Å². The average molecular weight is 179 g/mol. The number of nitrogens with zero attached hydrogens (tertiary/aromatic N) is 3. The Hall–Kier alpha value is -1.98. The van der Waals surface area contributed by atoms with E-state index in [1.54, 1.807) is 6.20 Å². The average Bonchev–Trinajstić information content (AvgIpc) is 2.62. The van der Waals surface area contributed by atoms with Crippen LogP contribution >= 0.6 is 0 Å². The summed E-state index contributed by atoms with van der Waals surface area (Å²) < 4.78 is 12.4. The number of imidazole rings is 1. The van der Waals surface area contributed by atoms with Crippen molar-refractivity contribution >= 4 is 11.8 Å². The molecule has 5 nitrogen and oxygen atoms in total. The number of nitrogens with one attached hydrogen (secondary N) is 2. The van der Waals surface area contributed by atoms with Crippen LogP contribution in [0.25, 0.3) is 0 Å². The molecule has 0 radical (unpaired) electrons. The number of hydrogen-bond acceptors (Lipinski definition) is 4. The van der Waals surface area contributed by atoms with Gasteiger partial charge in [-0.15, -0.1) is 0 Å². The smallest absolute Gasteiger partial charge is 0.228 e. The lowest BCUT2D eigenvalue weighted by atomic mass is 10.6. The molecule has 0 amide bonds. The molecule has 0 aliphatic heterocycles. The predicted octanol–water partition coefficient (Wildman–Crippen LogP) is 1.08. The van der Waals surface area contributed by atoms with E-state index in [9.17, 15) is 4.39 Å². The summed E-state index contributed by atoms with van der Waals surface area (Å²) in [5, 5.41) is 2.80. The van der Waals surface area contributed by atoms with E-state index in [2.05, 4.69) is 25.3 Å². The monoisotopic (exact) mass is 179 g/mol. The second-order valence-electron chi connectivity index (χ2n) is 2.32. The second-order valence-corrected chi connectivity index (χ2v) is 2.32. The number of anilines is 2. The summed E-state index contributed by atoms with van der Waals surface area (Å²) in [5.74, 6) is 0.521. The molecule has 0 fully saturated rings. The molecule has 0 aliphatic carbocycles. The minimum absolute atomic E-state index is 0.325. The SMILES string of the molecule is Fc1cnc(Nc2cnc[nH]2)nc1. The van der Waals surface area contributed by atoms with Gasteiger partial charge in [0, 0.05) is 0 Å². The van der Waals surface area contributed by atoms with Crippen LogP contribution in [0.1, 0.15) is 0 Å². The molecule has 13 heavy (non-hydrogen) atoms. The van der Waals surface area contributed by atoms with E-state index in [-0.39, 0.29) is 0 Å². The molecule has 0 saturated heterocycles. The van der Waals surface area contributed by atoms with Gasteiger partial charge in [0.15, 0.2) is 5.82 Å². The first-order valence-electron chi connectivity index (χ1n) is 3.57. The number of aromatic amines is 1. The van der Waals surface area contributed by atoms with Crippen molar-refractivity contribution in [2.45, 2.75) is 0 Å². The largest absolute Gasteiger partial charge is 0.331 e. The van der Waals surface area contributed by atoms with Gasteiger partial charge < -0.3 is 10.3 Å². The third-order valence-corrected chi connectivity index (χ3v) is 1.37. The number of aromatic nitrogens is 4. The summed E-state index contributed by atoms with van der Waals surface area (Å²) in [4.78, 5) is 14.0. The lowest BCUT2D eigenvalue weighted by Crippen LogP contribution is -1.96. The van der Waals surface area contributed by atoms with E-state index in [1.165, 1.54) is 6.33 Å². The van der Waals surface area contributed by atoms with Crippen molar-refractivity contribution in [3.05, 3.63) is 30.7 Å². The quantitative estimate of drug-likeness (QED) is 0.723. The van der Waals surface area contributed by atoms with Crippen LogP contribution in [0.5, 0.6) is 0 Å². The van der Waals surface area contributed by atoms with Crippen LogP contribution < -0.4 is 5.32 Å². The van der Waals surface area contributed by atoms with Crippen molar-refractivity contribution in [3.8, 4) is 0 Å². The maximum atomic E-state index is 12.4. The Balaban J connectivity index is 2.15. The van der Waals surface area contributed by atoms with E-state index < -0.39 is 5.82 Å². The van der Waals surface area contributed by atoms with Gasteiger partial charge in [0.25, 0.3) is 0 Å². The van der Waals surface area contributed by atoms with Crippen LogP contribution in [-0.2, 0) is 0 Å². The molecule has 6 heteroatoms. The Morgan fingerprint density at radius 2 is 2.00 bits per heavy atom. The van der Waals surface area contributed by atoms with Gasteiger partial charge in [0.1, 0.15) is 5.82 Å². The molecule has 0 spiro atoms. The van der Waals surface area contributed by atoms with Crippen molar-refractivity contribution in [2.24, 2.45) is 0 Å². The maximum Gasteiger partial charge on any atom is 0.228 e. The van der Waals surface area contributed by atoms with Crippen LogP contribution in [0.4, 0.5) is 16.2 Å². The zero-order valence-corrected chi connectivity index (χ0v) is 6.53. The van der Waals surface area contributed by atoms with Crippen molar-refractivity contribution in [2.75, 3.05) is 5.32 Å². The molecule has 2 N–H and O–H groups in total. The Morgan fingerprint density at radius 3 is 2.62 bits per heavy atom. The first-order valence-corrected chi connectivity index (χ1v) is 3.57. The Labute approximate surface area is 73.1 Å². The van der Waals surface area contributed by atoms with Crippen LogP contribution in [0.2, 0.25) is 0 Å². The lowest BCUT2D eigenvalue weighted by molar-refractivity contribution is 0.614. The van der Waals surface area contributed by atoms with Gasteiger partial charge in [-0.05, 0) is 0 Å². The Kier molecular flexibility index (Phi) is 1.87. The van der Waals surface area contributed by atoms with Gasteiger partial charge >= 0.3 is 0 Å². The van der Waals surface area contributed by atoms with E-state index >= 15 is 0 Å². The summed E-state index contributed by atoms with van der Waals surface area (Å²) in [5.41, 5.74) is 0. The molecule has 2 aromatic rings. The highest BCUT2D eigenvalue weighted by molar-refractivity contribution is 5.44. The molecule has 2 rings (SSSR count).